The number of ether oxygens (including phenoxy) is 1. The number of amides is 1. The van der Waals surface area contributed by atoms with Crippen molar-refractivity contribution in [2.75, 3.05) is 39.0 Å². The molecule has 128 valence electrons. The van der Waals surface area contributed by atoms with Crippen molar-refractivity contribution >= 4 is 15.9 Å². The van der Waals surface area contributed by atoms with Crippen LogP contribution in [-0.4, -0.2) is 62.6 Å². The van der Waals surface area contributed by atoms with E-state index in [1.54, 1.807) is 0 Å². The zero-order chi connectivity index (χ0) is 17.0. The summed E-state index contributed by atoms with van der Waals surface area (Å²) in [6.07, 6.45) is 1.65. The molecule has 0 saturated carbocycles. The van der Waals surface area contributed by atoms with Gasteiger partial charge in [-0.3, -0.25) is 4.79 Å². The lowest BCUT2D eigenvalue weighted by Gasteiger charge is -2.21. The van der Waals surface area contributed by atoms with Gasteiger partial charge >= 0.3 is 0 Å². The van der Waals surface area contributed by atoms with E-state index in [0.717, 1.165) is 18.4 Å². The topological polar surface area (TPSA) is 66.9 Å². The molecule has 1 fully saturated rings. The lowest BCUT2D eigenvalue weighted by molar-refractivity contribution is -0.133. The molecule has 1 aromatic rings. The second-order valence-corrected chi connectivity index (χ2v) is 7.24. The molecule has 1 aromatic carbocycles. The summed E-state index contributed by atoms with van der Waals surface area (Å²) in [6, 6.07) is 2.83. The molecule has 0 unspecified atom stereocenters. The number of rotatable bonds is 4. The predicted molar refractivity (Wildman–Crippen MR) is 79.5 cm³/mol. The van der Waals surface area contributed by atoms with E-state index in [0.29, 0.717) is 25.6 Å². The van der Waals surface area contributed by atoms with Gasteiger partial charge in [0.1, 0.15) is 5.82 Å². The normalized spacial score (nSPS) is 16.9. The summed E-state index contributed by atoms with van der Waals surface area (Å²) in [5.41, 5.74) is 0. The van der Waals surface area contributed by atoms with Gasteiger partial charge in [0, 0.05) is 32.2 Å². The summed E-state index contributed by atoms with van der Waals surface area (Å²) in [7, 11) is -3.28. The minimum atomic E-state index is -3.28. The average Bonchev–Trinajstić information content (AvgIpc) is 2.71. The monoisotopic (exact) mass is 348 g/mol. The van der Waals surface area contributed by atoms with E-state index in [-0.39, 0.29) is 31.4 Å². The van der Waals surface area contributed by atoms with Crippen LogP contribution in [-0.2, 0) is 14.8 Å². The molecule has 23 heavy (non-hydrogen) atoms. The van der Waals surface area contributed by atoms with Crippen molar-refractivity contribution in [3.63, 3.8) is 0 Å². The van der Waals surface area contributed by atoms with Crippen LogP contribution in [0.5, 0.6) is 5.75 Å². The Morgan fingerprint density at radius 1 is 1.22 bits per heavy atom. The van der Waals surface area contributed by atoms with E-state index < -0.39 is 21.7 Å². The highest BCUT2D eigenvalue weighted by Crippen LogP contribution is 2.17. The molecule has 0 spiro atoms. The SMILES string of the molecule is CS(=O)(=O)N1CCCN(C(=O)COc2ccc(F)cc2F)CC1. The number of sulfonamides is 1. The van der Waals surface area contributed by atoms with Crippen molar-refractivity contribution in [1.29, 1.82) is 0 Å². The third-order valence-corrected chi connectivity index (χ3v) is 4.82. The maximum Gasteiger partial charge on any atom is 0.260 e. The van der Waals surface area contributed by atoms with Crippen molar-refractivity contribution in [3.8, 4) is 5.75 Å². The fourth-order valence-electron chi connectivity index (χ4n) is 2.30. The van der Waals surface area contributed by atoms with E-state index in [1.807, 2.05) is 0 Å². The molecule has 1 saturated heterocycles. The van der Waals surface area contributed by atoms with Gasteiger partial charge in [0.05, 0.1) is 6.26 Å². The molecule has 9 heteroatoms. The van der Waals surface area contributed by atoms with Gasteiger partial charge in [-0.25, -0.2) is 21.5 Å². The van der Waals surface area contributed by atoms with Gasteiger partial charge < -0.3 is 9.64 Å². The number of hydrogen-bond donors (Lipinski definition) is 0. The van der Waals surface area contributed by atoms with Gasteiger partial charge in [0.25, 0.3) is 5.91 Å². The van der Waals surface area contributed by atoms with Crippen LogP contribution in [0.15, 0.2) is 18.2 Å². The molecular formula is C14H18F2N2O4S. The van der Waals surface area contributed by atoms with Gasteiger partial charge in [-0.05, 0) is 18.6 Å². The fraction of sp³-hybridized carbons (Fsp3) is 0.500. The first-order valence-corrected chi connectivity index (χ1v) is 8.93. The summed E-state index contributed by atoms with van der Waals surface area (Å²) >= 11 is 0. The molecule has 2 rings (SSSR count). The molecule has 0 N–H and O–H groups in total. The first-order chi connectivity index (χ1) is 10.8. The molecule has 6 nitrogen and oxygen atoms in total. The average molecular weight is 348 g/mol. The van der Waals surface area contributed by atoms with E-state index in [4.69, 9.17) is 4.74 Å². The van der Waals surface area contributed by atoms with E-state index in [1.165, 1.54) is 9.21 Å². The molecule has 0 aliphatic carbocycles. The Balaban J connectivity index is 1.91. The number of nitrogens with zero attached hydrogens (tertiary/aromatic N) is 2. The van der Waals surface area contributed by atoms with Crippen LogP contribution < -0.4 is 4.74 Å². The molecule has 1 amide bonds. The van der Waals surface area contributed by atoms with Crippen molar-refractivity contribution in [2.24, 2.45) is 0 Å². The summed E-state index contributed by atoms with van der Waals surface area (Å²) in [5.74, 6) is -2.18. The van der Waals surface area contributed by atoms with Crippen molar-refractivity contribution in [1.82, 2.24) is 9.21 Å². The quantitative estimate of drug-likeness (QED) is 0.809. The standard InChI is InChI=1S/C14H18F2N2O4S/c1-23(20,21)18-6-2-5-17(7-8-18)14(19)10-22-13-4-3-11(15)9-12(13)16/h3-4,9H,2,5-8,10H2,1H3. The molecule has 0 bridgehead atoms. The Bertz CT molecular complexity index is 681. The zero-order valence-corrected chi connectivity index (χ0v) is 13.5. The Labute approximate surface area is 133 Å². The van der Waals surface area contributed by atoms with E-state index >= 15 is 0 Å². The van der Waals surface area contributed by atoms with Crippen LogP contribution >= 0.6 is 0 Å². The maximum atomic E-state index is 13.4. The van der Waals surface area contributed by atoms with Gasteiger partial charge in [0.15, 0.2) is 18.2 Å². The van der Waals surface area contributed by atoms with Gasteiger partial charge in [-0.1, -0.05) is 0 Å². The van der Waals surface area contributed by atoms with Crippen LogP contribution in [0.3, 0.4) is 0 Å². The Morgan fingerprint density at radius 3 is 2.61 bits per heavy atom. The number of benzene rings is 1. The maximum absolute atomic E-state index is 13.4. The van der Waals surface area contributed by atoms with Crippen molar-refractivity contribution in [2.45, 2.75) is 6.42 Å². The molecule has 1 aliphatic heterocycles. The van der Waals surface area contributed by atoms with Gasteiger partial charge in [-0.15, -0.1) is 0 Å². The number of carbonyl (C=O) groups excluding carboxylic acids is 1. The molecule has 1 aliphatic rings. The highest BCUT2D eigenvalue weighted by Gasteiger charge is 2.24. The Hall–Kier alpha value is -1.74. The third kappa shape index (κ3) is 4.87. The lowest BCUT2D eigenvalue weighted by atomic mass is 10.3. The first kappa shape index (κ1) is 17.6. The zero-order valence-electron chi connectivity index (χ0n) is 12.7. The highest BCUT2D eigenvalue weighted by molar-refractivity contribution is 7.88. The lowest BCUT2D eigenvalue weighted by Crippen LogP contribution is -2.39. The summed E-state index contributed by atoms with van der Waals surface area (Å²) < 4.78 is 55.6. The Morgan fingerprint density at radius 2 is 1.96 bits per heavy atom. The van der Waals surface area contributed by atoms with Crippen LogP contribution in [0.1, 0.15) is 6.42 Å². The number of hydrogen-bond acceptors (Lipinski definition) is 4. The van der Waals surface area contributed by atoms with E-state index in [2.05, 4.69) is 0 Å². The highest BCUT2D eigenvalue weighted by atomic mass is 32.2. The molecule has 1 heterocycles. The molecule has 0 atom stereocenters. The molecule has 0 radical (unpaired) electrons. The van der Waals surface area contributed by atoms with Crippen LogP contribution in [0.2, 0.25) is 0 Å². The minimum absolute atomic E-state index is 0.202. The largest absolute Gasteiger partial charge is 0.481 e. The van der Waals surface area contributed by atoms with Gasteiger partial charge in [0.2, 0.25) is 10.0 Å². The summed E-state index contributed by atoms with van der Waals surface area (Å²) in [4.78, 5) is 13.6. The van der Waals surface area contributed by atoms with E-state index in [9.17, 15) is 22.0 Å². The summed E-state index contributed by atoms with van der Waals surface area (Å²) in [6.45, 7) is 0.842. The van der Waals surface area contributed by atoms with Crippen molar-refractivity contribution in [3.05, 3.63) is 29.8 Å². The van der Waals surface area contributed by atoms with Crippen LogP contribution in [0.25, 0.3) is 0 Å². The minimum Gasteiger partial charge on any atom is -0.481 e. The second kappa shape index (κ2) is 7.22. The smallest absolute Gasteiger partial charge is 0.260 e. The molecule has 0 aromatic heterocycles. The second-order valence-electron chi connectivity index (χ2n) is 5.26. The Kier molecular flexibility index (Phi) is 5.53. The third-order valence-electron chi connectivity index (χ3n) is 3.52. The van der Waals surface area contributed by atoms with Crippen LogP contribution in [0, 0.1) is 11.6 Å². The first-order valence-electron chi connectivity index (χ1n) is 7.08. The van der Waals surface area contributed by atoms with Crippen LogP contribution in [0.4, 0.5) is 8.78 Å². The van der Waals surface area contributed by atoms with Crippen molar-refractivity contribution < 1.29 is 26.7 Å². The summed E-state index contributed by atoms with van der Waals surface area (Å²) in [5, 5.41) is 0. The molecular weight excluding hydrogens is 330 g/mol. The fourth-order valence-corrected chi connectivity index (χ4v) is 3.17. The number of halogens is 2. The number of carbonyl (C=O) groups is 1. The van der Waals surface area contributed by atoms with Gasteiger partial charge in [-0.2, -0.15) is 0 Å². The predicted octanol–water partition coefficient (Wildman–Crippen LogP) is 0.838.